The van der Waals surface area contributed by atoms with Gasteiger partial charge in [-0.15, -0.1) is 5.06 Å². The van der Waals surface area contributed by atoms with Crippen LogP contribution in [-0.4, -0.2) is 47.0 Å². The fourth-order valence-corrected chi connectivity index (χ4v) is 1.04. The summed E-state index contributed by atoms with van der Waals surface area (Å²) in [6.07, 6.45) is 0.593. The summed E-state index contributed by atoms with van der Waals surface area (Å²) < 4.78 is 0. The Balaban J connectivity index is 2.25. The first-order valence-electron chi connectivity index (χ1n) is 3.99. The number of carbonyl (C=O) groups is 1. The highest BCUT2D eigenvalue weighted by Crippen LogP contribution is 2.08. The van der Waals surface area contributed by atoms with Gasteiger partial charge in [0.15, 0.2) is 6.10 Å². The van der Waals surface area contributed by atoms with E-state index in [1.54, 1.807) is 0 Å². The molecule has 0 spiro atoms. The normalized spacial score (nSPS) is 20.8. The predicted molar refractivity (Wildman–Crippen MR) is 40.0 cm³/mol. The number of aliphatic hydroxyl groups excluding tert-OH is 2. The number of nitrogens with zero attached hydrogens (tertiary/aromatic N) is 1. The zero-order chi connectivity index (χ0) is 8.97. The maximum atomic E-state index is 10.9. The Kier molecular flexibility index (Phi) is 3.46. The van der Waals surface area contributed by atoms with Gasteiger partial charge in [-0.1, -0.05) is 0 Å². The number of hydroxylamine groups is 2. The zero-order valence-electron chi connectivity index (χ0n) is 6.77. The molecule has 0 aliphatic carbocycles. The average Bonchev–Trinajstić information content (AvgIpc) is 2.55. The van der Waals surface area contributed by atoms with Gasteiger partial charge in [0.25, 0.3) is 0 Å². The molecule has 1 fully saturated rings. The molecule has 0 radical (unpaired) electrons. The lowest BCUT2D eigenvalue weighted by Gasteiger charge is -2.15. The van der Waals surface area contributed by atoms with E-state index in [0.29, 0.717) is 13.1 Å². The zero-order valence-corrected chi connectivity index (χ0v) is 6.77. The fourth-order valence-electron chi connectivity index (χ4n) is 1.04. The maximum Gasteiger partial charge on any atom is 0.356 e. The Labute approximate surface area is 70.5 Å². The number of aliphatic hydroxyl groups is 2. The first-order valence-corrected chi connectivity index (χ1v) is 3.99. The smallest absolute Gasteiger partial charge is 0.356 e. The summed E-state index contributed by atoms with van der Waals surface area (Å²) in [5.41, 5.74) is 0. The lowest BCUT2D eigenvalue weighted by molar-refractivity contribution is -0.196. The highest BCUT2D eigenvalue weighted by atomic mass is 16.7. The molecule has 5 heteroatoms. The van der Waals surface area contributed by atoms with E-state index in [1.165, 1.54) is 5.06 Å². The molecule has 1 heterocycles. The molecule has 0 bridgehead atoms. The van der Waals surface area contributed by atoms with Gasteiger partial charge >= 0.3 is 5.97 Å². The van der Waals surface area contributed by atoms with Crippen molar-refractivity contribution in [3.8, 4) is 0 Å². The summed E-state index contributed by atoms with van der Waals surface area (Å²) in [5, 5.41) is 18.7. The van der Waals surface area contributed by atoms with Gasteiger partial charge in [-0.3, -0.25) is 0 Å². The van der Waals surface area contributed by atoms with Crippen molar-refractivity contribution in [2.45, 2.75) is 18.9 Å². The Hall–Kier alpha value is -0.650. The number of rotatable bonds is 3. The van der Waals surface area contributed by atoms with Crippen molar-refractivity contribution in [1.82, 2.24) is 5.06 Å². The third-order valence-corrected chi connectivity index (χ3v) is 1.73. The third-order valence-electron chi connectivity index (χ3n) is 1.73. The summed E-state index contributed by atoms with van der Waals surface area (Å²) in [5.74, 6) is -0.778. The van der Waals surface area contributed by atoms with E-state index in [0.717, 1.165) is 12.8 Å². The van der Waals surface area contributed by atoms with Crippen molar-refractivity contribution in [2.24, 2.45) is 0 Å². The third kappa shape index (κ3) is 2.44. The van der Waals surface area contributed by atoms with Crippen molar-refractivity contribution < 1.29 is 19.8 Å². The van der Waals surface area contributed by atoms with E-state index in [-0.39, 0.29) is 0 Å². The van der Waals surface area contributed by atoms with Crippen molar-refractivity contribution in [3.05, 3.63) is 0 Å². The average molecular weight is 175 g/mol. The van der Waals surface area contributed by atoms with Gasteiger partial charge < -0.3 is 15.1 Å². The van der Waals surface area contributed by atoms with E-state index >= 15 is 0 Å². The van der Waals surface area contributed by atoms with Crippen LogP contribution in [0.5, 0.6) is 0 Å². The Bertz CT molecular complexity index is 155. The molecule has 5 nitrogen and oxygen atoms in total. The van der Waals surface area contributed by atoms with Crippen molar-refractivity contribution in [3.63, 3.8) is 0 Å². The number of hydrogen-bond donors (Lipinski definition) is 2. The standard InChI is InChI=1S/C7H13NO4/c9-5-6(10)7(11)12-8-3-1-2-4-8/h6,9-10H,1-5H2. The van der Waals surface area contributed by atoms with Gasteiger partial charge in [-0.05, 0) is 12.8 Å². The lowest BCUT2D eigenvalue weighted by Crippen LogP contribution is -2.33. The molecule has 0 amide bonds. The van der Waals surface area contributed by atoms with E-state index in [4.69, 9.17) is 15.1 Å². The van der Waals surface area contributed by atoms with Gasteiger partial charge in [0.1, 0.15) is 0 Å². The molecule has 0 aromatic carbocycles. The van der Waals surface area contributed by atoms with E-state index < -0.39 is 18.7 Å². The first-order chi connectivity index (χ1) is 5.74. The number of carbonyl (C=O) groups excluding carboxylic acids is 1. The van der Waals surface area contributed by atoms with Crippen LogP contribution in [0.1, 0.15) is 12.8 Å². The van der Waals surface area contributed by atoms with E-state index in [9.17, 15) is 4.79 Å². The molecular weight excluding hydrogens is 162 g/mol. The Morgan fingerprint density at radius 3 is 2.58 bits per heavy atom. The largest absolute Gasteiger partial charge is 0.393 e. The fraction of sp³-hybridized carbons (Fsp3) is 0.857. The van der Waals surface area contributed by atoms with Gasteiger partial charge in [-0.25, -0.2) is 4.79 Å². The van der Waals surface area contributed by atoms with Crippen LogP contribution in [0.2, 0.25) is 0 Å². The van der Waals surface area contributed by atoms with Crippen LogP contribution in [0, 0.1) is 0 Å². The van der Waals surface area contributed by atoms with Gasteiger partial charge in [-0.2, -0.15) is 0 Å². The SMILES string of the molecule is O=C(ON1CCCC1)C(O)CO. The highest BCUT2D eigenvalue weighted by Gasteiger charge is 2.21. The first kappa shape index (κ1) is 9.44. The van der Waals surface area contributed by atoms with Crippen molar-refractivity contribution >= 4 is 5.97 Å². The summed E-state index contributed by atoms with van der Waals surface area (Å²) in [7, 11) is 0. The van der Waals surface area contributed by atoms with E-state index in [1.807, 2.05) is 0 Å². The minimum atomic E-state index is -1.41. The Morgan fingerprint density at radius 2 is 2.08 bits per heavy atom. The Morgan fingerprint density at radius 1 is 1.50 bits per heavy atom. The van der Waals surface area contributed by atoms with Gasteiger partial charge in [0.05, 0.1) is 6.61 Å². The minimum absolute atomic E-state index is 0.591. The molecule has 0 aromatic heterocycles. The van der Waals surface area contributed by atoms with Crippen molar-refractivity contribution in [2.75, 3.05) is 19.7 Å². The van der Waals surface area contributed by atoms with Gasteiger partial charge in [0, 0.05) is 13.1 Å². The van der Waals surface area contributed by atoms with Crippen LogP contribution >= 0.6 is 0 Å². The number of hydrogen-bond acceptors (Lipinski definition) is 5. The molecule has 1 saturated heterocycles. The molecular formula is C7H13NO4. The molecule has 2 N–H and O–H groups in total. The summed E-state index contributed by atoms with van der Waals surface area (Å²) in [6, 6.07) is 0. The minimum Gasteiger partial charge on any atom is -0.393 e. The molecule has 0 aromatic rings. The second-order valence-corrected chi connectivity index (χ2v) is 2.74. The topological polar surface area (TPSA) is 70.0 Å². The summed E-state index contributed by atoms with van der Waals surface area (Å²) in [4.78, 5) is 15.6. The molecule has 1 atom stereocenters. The summed E-state index contributed by atoms with van der Waals surface area (Å²) >= 11 is 0. The van der Waals surface area contributed by atoms with Gasteiger partial charge in [0.2, 0.25) is 0 Å². The molecule has 0 saturated carbocycles. The predicted octanol–water partition coefficient (Wildman–Crippen LogP) is -1.11. The lowest BCUT2D eigenvalue weighted by atomic mass is 10.4. The van der Waals surface area contributed by atoms with Crippen LogP contribution in [0.4, 0.5) is 0 Å². The monoisotopic (exact) mass is 175 g/mol. The molecule has 1 aliphatic heterocycles. The van der Waals surface area contributed by atoms with Crippen molar-refractivity contribution in [1.29, 1.82) is 0 Å². The maximum absolute atomic E-state index is 10.9. The van der Waals surface area contributed by atoms with Crippen LogP contribution in [0.25, 0.3) is 0 Å². The highest BCUT2D eigenvalue weighted by molar-refractivity contribution is 5.74. The quantitative estimate of drug-likeness (QED) is 0.569. The second-order valence-electron chi connectivity index (χ2n) is 2.74. The van der Waals surface area contributed by atoms with Crippen LogP contribution in [-0.2, 0) is 9.63 Å². The molecule has 1 unspecified atom stereocenters. The molecule has 70 valence electrons. The molecule has 1 aliphatic rings. The summed E-state index contributed by atoms with van der Waals surface area (Å²) in [6.45, 7) is 0.834. The van der Waals surface area contributed by atoms with Crippen LogP contribution < -0.4 is 0 Å². The van der Waals surface area contributed by atoms with Crippen LogP contribution in [0.3, 0.4) is 0 Å². The molecule has 1 rings (SSSR count). The molecule has 12 heavy (non-hydrogen) atoms. The van der Waals surface area contributed by atoms with E-state index in [2.05, 4.69) is 0 Å². The second kappa shape index (κ2) is 4.39. The van der Waals surface area contributed by atoms with Crippen LogP contribution in [0.15, 0.2) is 0 Å².